The van der Waals surface area contributed by atoms with Gasteiger partial charge in [0.15, 0.2) is 11.6 Å². The van der Waals surface area contributed by atoms with Crippen LogP contribution in [0.4, 0.5) is 0 Å². The molecule has 1 aliphatic carbocycles. The number of methoxy groups -OCH3 is 2. The molecule has 140 valence electrons. The van der Waals surface area contributed by atoms with Crippen molar-refractivity contribution in [1.82, 2.24) is 0 Å². The molecule has 1 aliphatic rings. The zero-order chi connectivity index (χ0) is 20.3. The Hall–Kier alpha value is -3.80. The number of carbonyl (C=O) groups excluding carboxylic acids is 4. The highest BCUT2D eigenvalue weighted by Gasteiger charge is 2.27. The number of benzene rings is 2. The molecule has 0 heterocycles. The van der Waals surface area contributed by atoms with E-state index < -0.39 is 23.5 Å². The fraction of sp³-hybridized carbons (Fsp3) is 0.0909. The lowest BCUT2D eigenvalue weighted by Gasteiger charge is -2.16. The van der Waals surface area contributed by atoms with E-state index in [1.54, 1.807) is 36.4 Å². The highest BCUT2D eigenvalue weighted by molar-refractivity contribution is 6.44. The average Bonchev–Trinajstić information content (AvgIpc) is 2.74. The zero-order valence-electron chi connectivity index (χ0n) is 15.2. The standard InChI is InChI=1S/C22H16O6/c1-27-21(25)15-9-5-3-7-13(15)17-11-20(24)18(12-19(17)23)14-8-4-6-10-16(14)22(26)28-2/h3-12H,1-2H3. The van der Waals surface area contributed by atoms with Gasteiger partial charge in [-0.2, -0.15) is 0 Å². The lowest BCUT2D eigenvalue weighted by atomic mass is 9.86. The highest BCUT2D eigenvalue weighted by atomic mass is 16.5. The van der Waals surface area contributed by atoms with E-state index in [-0.39, 0.29) is 22.3 Å². The summed E-state index contributed by atoms with van der Waals surface area (Å²) < 4.78 is 9.49. The molecule has 0 atom stereocenters. The number of ketones is 2. The Morgan fingerprint density at radius 1 is 0.643 bits per heavy atom. The third-order valence-corrected chi connectivity index (χ3v) is 4.33. The topological polar surface area (TPSA) is 86.7 Å². The van der Waals surface area contributed by atoms with E-state index in [0.29, 0.717) is 11.1 Å². The van der Waals surface area contributed by atoms with Crippen molar-refractivity contribution < 1.29 is 28.7 Å². The van der Waals surface area contributed by atoms with Gasteiger partial charge >= 0.3 is 11.9 Å². The van der Waals surface area contributed by atoms with E-state index in [2.05, 4.69) is 0 Å². The fourth-order valence-electron chi connectivity index (χ4n) is 2.99. The van der Waals surface area contributed by atoms with Gasteiger partial charge in [-0.3, -0.25) is 9.59 Å². The Balaban J connectivity index is 2.06. The van der Waals surface area contributed by atoms with Crippen molar-refractivity contribution in [1.29, 1.82) is 0 Å². The van der Waals surface area contributed by atoms with E-state index in [1.165, 1.54) is 38.5 Å². The van der Waals surface area contributed by atoms with Gasteiger partial charge in [-0.1, -0.05) is 36.4 Å². The summed E-state index contributed by atoms with van der Waals surface area (Å²) in [5.74, 6) is -2.12. The molecule has 0 aromatic heterocycles. The molecule has 6 nitrogen and oxygen atoms in total. The van der Waals surface area contributed by atoms with E-state index in [4.69, 9.17) is 9.47 Å². The first-order chi connectivity index (χ1) is 13.5. The summed E-state index contributed by atoms with van der Waals surface area (Å²) in [7, 11) is 2.48. The second-order valence-corrected chi connectivity index (χ2v) is 5.92. The largest absolute Gasteiger partial charge is 0.465 e. The maximum absolute atomic E-state index is 12.8. The first-order valence-corrected chi connectivity index (χ1v) is 8.35. The molecule has 2 aromatic carbocycles. The highest BCUT2D eigenvalue weighted by Crippen LogP contribution is 2.30. The number of rotatable bonds is 4. The number of carbonyl (C=O) groups is 4. The minimum absolute atomic E-state index is 0.0882. The van der Waals surface area contributed by atoms with Crippen LogP contribution in [0.1, 0.15) is 31.8 Å². The molecular formula is C22H16O6. The van der Waals surface area contributed by atoms with Gasteiger partial charge in [0, 0.05) is 22.3 Å². The second-order valence-electron chi connectivity index (χ2n) is 5.92. The van der Waals surface area contributed by atoms with Crippen LogP contribution in [0.25, 0.3) is 11.1 Å². The molecule has 28 heavy (non-hydrogen) atoms. The van der Waals surface area contributed by atoms with Crippen molar-refractivity contribution in [2.75, 3.05) is 14.2 Å². The summed E-state index contributed by atoms with van der Waals surface area (Å²) in [6.45, 7) is 0. The summed E-state index contributed by atoms with van der Waals surface area (Å²) in [5, 5.41) is 0. The van der Waals surface area contributed by atoms with Crippen LogP contribution in [0.3, 0.4) is 0 Å². The molecule has 0 aliphatic heterocycles. The van der Waals surface area contributed by atoms with Crippen LogP contribution >= 0.6 is 0 Å². The summed E-state index contributed by atoms with van der Waals surface area (Å²) >= 11 is 0. The predicted octanol–water partition coefficient (Wildman–Crippen LogP) is 2.88. The number of esters is 2. The van der Waals surface area contributed by atoms with Crippen molar-refractivity contribution in [3.8, 4) is 0 Å². The Morgan fingerprint density at radius 3 is 1.36 bits per heavy atom. The molecule has 0 bridgehead atoms. The van der Waals surface area contributed by atoms with Gasteiger partial charge in [0.25, 0.3) is 0 Å². The molecule has 2 aromatic rings. The molecule has 3 rings (SSSR count). The maximum Gasteiger partial charge on any atom is 0.338 e. The second kappa shape index (κ2) is 7.84. The number of hydrogen-bond donors (Lipinski definition) is 0. The van der Waals surface area contributed by atoms with Gasteiger partial charge < -0.3 is 9.47 Å². The summed E-state index contributed by atoms with van der Waals surface area (Å²) in [6, 6.07) is 12.8. The van der Waals surface area contributed by atoms with Crippen LogP contribution < -0.4 is 0 Å². The third kappa shape index (κ3) is 3.40. The molecule has 0 unspecified atom stereocenters. The van der Waals surface area contributed by atoms with Gasteiger partial charge in [-0.25, -0.2) is 9.59 Å². The van der Waals surface area contributed by atoms with Gasteiger partial charge in [0.2, 0.25) is 0 Å². The van der Waals surface area contributed by atoms with Crippen molar-refractivity contribution in [3.05, 3.63) is 82.9 Å². The molecule has 0 N–H and O–H groups in total. The lowest BCUT2D eigenvalue weighted by Crippen LogP contribution is -2.16. The van der Waals surface area contributed by atoms with Gasteiger partial charge in [0.05, 0.1) is 25.3 Å². The van der Waals surface area contributed by atoms with Crippen LogP contribution in [-0.2, 0) is 19.1 Å². The molecule has 0 saturated carbocycles. The van der Waals surface area contributed by atoms with Crippen LogP contribution in [0.2, 0.25) is 0 Å². The third-order valence-electron chi connectivity index (χ3n) is 4.33. The minimum Gasteiger partial charge on any atom is -0.465 e. The number of ether oxygens (including phenoxy) is 2. The van der Waals surface area contributed by atoms with E-state index in [9.17, 15) is 19.2 Å². The Morgan fingerprint density at radius 2 is 1.00 bits per heavy atom. The SMILES string of the molecule is COC(=O)c1ccccc1C1=CC(=O)C(c2ccccc2C(=O)OC)=CC1=O. The van der Waals surface area contributed by atoms with E-state index in [1.807, 2.05) is 0 Å². The summed E-state index contributed by atoms with van der Waals surface area (Å²) in [5.41, 5.74) is 1.16. The van der Waals surface area contributed by atoms with E-state index >= 15 is 0 Å². The van der Waals surface area contributed by atoms with Gasteiger partial charge in [-0.05, 0) is 24.3 Å². The van der Waals surface area contributed by atoms with Crippen molar-refractivity contribution in [3.63, 3.8) is 0 Å². The normalized spacial score (nSPS) is 13.5. The Bertz CT molecular complexity index is 973. The first-order valence-electron chi connectivity index (χ1n) is 8.35. The summed E-state index contributed by atoms with van der Waals surface area (Å²) in [4.78, 5) is 49.5. The quantitative estimate of drug-likeness (QED) is 0.602. The molecule has 0 fully saturated rings. The molecule has 0 amide bonds. The fourth-order valence-corrected chi connectivity index (χ4v) is 2.99. The molecule has 0 spiro atoms. The smallest absolute Gasteiger partial charge is 0.338 e. The Kier molecular flexibility index (Phi) is 5.31. The summed E-state index contributed by atoms with van der Waals surface area (Å²) in [6.07, 6.45) is 2.35. The maximum atomic E-state index is 12.8. The number of hydrogen-bond acceptors (Lipinski definition) is 6. The van der Waals surface area contributed by atoms with Gasteiger partial charge in [0.1, 0.15) is 0 Å². The number of allylic oxidation sites excluding steroid dienone is 4. The van der Waals surface area contributed by atoms with Crippen LogP contribution in [0.5, 0.6) is 0 Å². The van der Waals surface area contributed by atoms with Crippen LogP contribution in [0.15, 0.2) is 60.7 Å². The monoisotopic (exact) mass is 376 g/mol. The van der Waals surface area contributed by atoms with Gasteiger partial charge in [-0.15, -0.1) is 0 Å². The molecular weight excluding hydrogens is 360 g/mol. The minimum atomic E-state index is -0.609. The van der Waals surface area contributed by atoms with Crippen molar-refractivity contribution in [2.45, 2.75) is 0 Å². The average molecular weight is 376 g/mol. The van der Waals surface area contributed by atoms with Crippen LogP contribution in [0, 0.1) is 0 Å². The van der Waals surface area contributed by atoms with Crippen molar-refractivity contribution >= 4 is 34.7 Å². The van der Waals surface area contributed by atoms with Crippen molar-refractivity contribution in [2.24, 2.45) is 0 Å². The van der Waals surface area contributed by atoms with E-state index in [0.717, 1.165) is 0 Å². The zero-order valence-corrected chi connectivity index (χ0v) is 15.2. The predicted molar refractivity (Wildman–Crippen MR) is 102 cm³/mol. The molecule has 6 heteroatoms. The van der Waals surface area contributed by atoms with Crippen LogP contribution in [-0.4, -0.2) is 37.7 Å². The molecule has 0 saturated heterocycles. The Labute approximate surface area is 161 Å². The first kappa shape index (κ1) is 19.0. The lowest BCUT2D eigenvalue weighted by molar-refractivity contribution is -0.112. The molecule has 0 radical (unpaired) electrons.